The van der Waals surface area contributed by atoms with E-state index in [1.807, 2.05) is 18.4 Å². The highest BCUT2D eigenvalue weighted by atomic mass is 32.1. The van der Waals surface area contributed by atoms with E-state index in [2.05, 4.69) is 21.9 Å². The largest absolute Gasteiger partial charge is 0.332 e. The minimum atomic E-state index is -0.109. The Morgan fingerprint density at radius 2 is 2.30 bits per heavy atom. The van der Waals surface area contributed by atoms with Crippen LogP contribution in [0, 0.1) is 0 Å². The molecule has 1 amide bonds. The number of amides is 1. The van der Waals surface area contributed by atoms with Crippen LogP contribution in [0.5, 0.6) is 0 Å². The van der Waals surface area contributed by atoms with E-state index in [0.717, 1.165) is 23.5 Å². The molecule has 0 aliphatic rings. The average Bonchev–Trinajstić information content (AvgIpc) is 2.95. The third-order valence-electron chi connectivity index (χ3n) is 3.17. The van der Waals surface area contributed by atoms with E-state index in [-0.39, 0.29) is 11.9 Å². The van der Waals surface area contributed by atoms with Crippen LogP contribution in [0.3, 0.4) is 0 Å². The molecule has 1 atom stereocenters. The molecule has 0 aliphatic heterocycles. The van der Waals surface area contributed by atoms with Crippen molar-refractivity contribution < 1.29 is 4.79 Å². The monoisotopic (exact) mass is 290 g/mol. The Labute approximate surface area is 122 Å². The van der Waals surface area contributed by atoms with E-state index in [0.29, 0.717) is 5.69 Å². The molecule has 0 spiro atoms. The zero-order chi connectivity index (χ0) is 14.5. The number of hydrogen-bond donors (Lipinski definition) is 0. The van der Waals surface area contributed by atoms with Gasteiger partial charge in [0.25, 0.3) is 5.91 Å². The van der Waals surface area contributed by atoms with Crippen molar-refractivity contribution in [3.63, 3.8) is 0 Å². The van der Waals surface area contributed by atoms with E-state index in [1.54, 1.807) is 29.5 Å². The van der Waals surface area contributed by atoms with Gasteiger partial charge in [0, 0.05) is 18.6 Å². The van der Waals surface area contributed by atoms with Gasteiger partial charge in [0.2, 0.25) is 0 Å². The van der Waals surface area contributed by atoms with Crippen molar-refractivity contribution in [3.8, 4) is 0 Å². The van der Waals surface area contributed by atoms with E-state index in [4.69, 9.17) is 0 Å². The Morgan fingerprint density at radius 1 is 1.50 bits per heavy atom. The third kappa shape index (κ3) is 3.19. The summed E-state index contributed by atoms with van der Waals surface area (Å²) in [5, 5.41) is 2.84. The first kappa shape index (κ1) is 14.6. The van der Waals surface area contributed by atoms with Crippen LogP contribution < -0.4 is 0 Å². The summed E-state index contributed by atoms with van der Waals surface area (Å²) < 4.78 is 0. The standard InChI is InChI=1S/C14H18N4OS/c1-4-5-13-17-12(8-20-13)14(19)18(3)10(2)11-6-7-15-9-16-11/h6-10H,4-5H2,1-3H3/t10-/m1/s1. The number of hydrogen-bond acceptors (Lipinski definition) is 5. The fraction of sp³-hybridized carbons (Fsp3) is 0.429. The van der Waals surface area contributed by atoms with E-state index in [1.165, 1.54) is 6.33 Å². The number of carbonyl (C=O) groups excluding carboxylic acids is 1. The van der Waals surface area contributed by atoms with Crippen LogP contribution in [0.15, 0.2) is 24.0 Å². The van der Waals surface area contributed by atoms with E-state index in [9.17, 15) is 4.79 Å². The molecule has 0 unspecified atom stereocenters. The van der Waals surface area contributed by atoms with Gasteiger partial charge in [-0.15, -0.1) is 11.3 Å². The number of thiazole rings is 1. The molecule has 0 N–H and O–H groups in total. The first-order valence-electron chi connectivity index (χ1n) is 6.61. The lowest BCUT2D eigenvalue weighted by molar-refractivity contribution is 0.0734. The fourth-order valence-corrected chi connectivity index (χ4v) is 2.72. The first-order valence-corrected chi connectivity index (χ1v) is 7.49. The quantitative estimate of drug-likeness (QED) is 0.849. The zero-order valence-corrected chi connectivity index (χ0v) is 12.7. The van der Waals surface area contributed by atoms with Crippen molar-refractivity contribution in [2.75, 3.05) is 7.05 Å². The molecule has 2 rings (SSSR count). The molecular weight excluding hydrogens is 272 g/mol. The summed E-state index contributed by atoms with van der Waals surface area (Å²) in [5.41, 5.74) is 1.33. The second-order valence-corrected chi connectivity index (χ2v) is 5.55. The zero-order valence-electron chi connectivity index (χ0n) is 11.9. The van der Waals surface area contributed by atoms with Gasteiger partial charge in [0.05, 0.1) is 16.7 Å². The summed E-state index contributed by atoms with van der Waals surface area (Å²) in [7, 11) is 1.77. The number of aromatic nitrogens is 3. The molecule has 0 aliphatic carbocycles. The van der Waals surface area contributed by atoms with Gasteiger partial charge in [-0.2, -0.15) is 0 Å². The molecule has 0 saturated carbocycles. The summed E-state index contributed by atoms with van der Waals surface area (Å²) in [5.74, 6) is -0.0743. The van der Waals surface area contributed by atoms with Gasteiger partial charge in [-0.1, -0.05) is 6.92 Å². The van der Waals surface area contributed by atoms with Gasteiger partial charge < -0.3 is 4.90 Å². The van der Waals surface area contributed by atoms with E-state index < -0.39 is 0 Å². The number of carbonyl (C=O) groups is 1. The second kappa shape index (κ2) is 6.56. The van der Waals surface area contributed by atoms with Gasteiger partial charge in [0.15, 0.2) is 0 Å². The molecule has 0 radical (unpaired) electrons. The first-order chi connectivity index (χ1) is 9.63. The molecule has 5 nitrogen and oxygen atoms in total. The molecule has 0 saturated heterocycles. The Hall–Kier alpha value is -1.82. The Bertz CT molecular complexity index is 570. The Kier molecular flexibility index (Phi) is 4.79. The van der Waals surface area contributed by atoms with Crippen molar-refractivity contribution in [1.82, 2.24) is 19.9 Å². The average molecular weight is 290 g/mol. The van der Waals surface area contributed by atoms with Crippen LogP contribution >= 0.6 is 11.3 Å². The van der Waals surface area contributed by atoms with Crippen LogP contribution in [0.25, 0.3) is 0 Å². The molecule has 2 aromatic rings. The van der Waals surface area contributed by atoms with Gasteiger partial charge in [0.1, 0.15) is 12.0 Å². The lowest BCUT2D eigenvalue weighted by Gasteiger charge is -2.23. The van der Waals surface area contributed by atoms with Crippen molar-refractivity contribution in [1.29, 1.82) is 0 Å². The van der Waals surface area contributed by atoms with Gasteiger partial charge >= 0.3 is 0 Å². The summed E-state index contributed by atoms with van der Waals surface area (Å²) in [4.78, 5) is 26.5. The predicted octanol–water partition coefficient (Wildman–Crippen LogP) is 2.72. The minimum absolute atomic E-state index is 0.0743. The maximum Gasteiger partial charge on any atom is 0.273 e. The predicted molar refractivity (Wildman–Crippen MR) is 78.6 cm³/mol. The van der Waals surface area contributed by atoms with Crippen LogP contribution in [-0.4, -0.2) is 32.8 Å². The molecule has 2 heterocycles. The summed E-state index contributed by atoms with van der Waals surface area (Å²) in [6.45, 7) is 4.05. The van der Waals surface area contributed by atoms with Crippen LogP contribution in [-0.2, 0) is 6.42 Å². The lowest BCUT2D eigenvalue weighted by Crippen LogP contribution is -2.30. The van der Waals surface area contributed by atoms with Crippen LogP contribution in [0.4, 0.5) is 0 Å². The Morgan fingerprint density at radius 3 is 2.95 bits per heavy atom. The normalized spacial score (nSPS) is 12.2. The second-order valence-electron chi connectivity index (χ2n) is 4.60. The van der Waals surface area contributed by atoms with Crippen LogP contribution in [0.2, 0.25) is 0 Å². The molecule has 0 bridgehead atoms. The van der Waals surface area contributed by atoms with Crippen molar-refractivity contribution in [2.24, 2.45) is 0 Å². The molecule has 2 aromatic heterocycles. The summed E-state index contributed by atoms with van der Waals surface area (Å²) in [6, 6.07) is 1.71. The molecule has 0 fully saturated rings. The van der Waals surface area contributed by atoms with Crippen molar-refractivity contribution in [3.05, 3.63) is 40.4 Å². The molecule has 6 heteroatoms. The third-order valence-corrected chi connectivity index (χ3v) is 4.08. The molecule has 0 aromatic carbocycles. The minimum Gasteiger partial charge on any atom is -0.332 e. The Balaban J connectivity index is 2.11. The highest BCUT2D eigenvalue weighted by Crippen LogP contribution is 2.19. The maximum atomic E-state index is 12.4. The van der Waals surface area contributed by atoms with Gasteiger partial charge in [-0.05, 0) is 25.8 Å². The smallest absolute Gasteiger partial charge is 0.273 e. The summed E-state index contributed by atoms with van der Waals surface area (Å²) in [6.07, 6.45) is 5.13. The molecule has 20 heavy (non-hydrogen) atoms. The number of nitrogens with zero attached hydrogens (tertiary/aromatic N) is 4. The molecule has 106 valence electrons. The molecular formula is C14H18N4OS. The van der Waals surface area contributed by atoms with Gasteiger partial charge in [-0.3, -0.25) is 4.79 Å². The van der Waals surface area contributed by atoms with E-state index >= 15 is 0 Å². The fourth-order valence-electron chi connectivity index (χ4n) is 1.84. The lowest BCUT2D eigenvalue weighted by atomic mass is 10.2. The SMILES string of the molecule is CCCc1nc(C(=O)N(C)[C@H](C)c2ccncn2)cs1. The van der Waals surface area contributed by atoms with Gasteiger partial charge in [-0.25, -0.2) is 15.0 Å². The topological polar surface area (TPSA) is 59.0 Å². The summed E-state index contributed by atoms with van der Waals surface area (Å²) >= 11 is 1.54. The van der Waals surface area contributed by atoms with Crippen molar-refractivity contribution >= 4 is 17.2 Å². The highest BCUT2D eigenvalue weighted by molar-refractivity contribution is 7.09. The number of rotatable bonds is 5. The highest BCUT2D eigenvalue weighted by Gasteiger charge is 2.21. The van der Waals surface area contributed by atoms with Crippen LogP contribution in [0.1, 0.15) is 47.5 Å². The number of aryl methyl sites for hydroxylation is 1. The maximum absolute atomic E-state index is 12.4. The van der Waals surface area contributed by atoms with Crippen molar-refractivity contribution in [2.45, 2.75) is 32.7 Å².